The number of primary sulfonamides is 1. The highest BCUT2D eigenvalue weighted by atomic mass is 35.5. The Morgan fingerprint density at radius 3 is 2.79 bits per heavy atom. The molecule has 0 saturated carbocycles. The zero-order chi connectivity index (χ0) is 10.3. The third-order valence-corrected chi connectivity index (χ3v) is 3.16. The lowest BCUT2D eigenvalue weighted by atomic mass is 10.2. The molecule has 2 rings (SSSR count). The van der Waals surface area contributed by atoms with Crippen LogP contribution in [0.25, 0.3) is 0 Å². The lowest BCUT2D eigenvalue weighted by Gasteiger charge is -2.06. The highest BCUT2D eigenvalue weighted by Crippen LogP contribution is 2.34. The third kappa shape index (κ3) is 1.58. The lowest BCUT2D eigenvalue weighted by Crippen LogP contribution is -2.13. The monoisotopic (exact) mass is 233 g/mol. The predicted octanol–water partition coefficient (Wildman–Crippen LogP) is 0.922. The zero-order valence-electron chi connectivity index (χ0n) is 7.16. The predicted molar refractivity (Wildman–Crippen MR) is 52.0 cm³/mol. The van der Waals surface area contributed by atoms with Crippen molar-refractivity contribution in [2.75, 3.05) is 6.61 Å². The molecular formula is C8H8ClNO3S. The fourth-order valence-electron chi connectivity index (χ4n) is 1.45. The second-order valence-corrected chi connectivity index (χ2v) is 5.00. The van der Waals surface area contributed by atoms with Gasteiger partial charge in [0.15, 0.2) is 0 Å². The molecule has 0 amide bonds. The van der Waals surface area contributed by atoms with Crippen LogP contribution in [-0.4, -0.2) is 15.0 Å². The van der Waals surface area contributed by atoms with E-state index in [2.05, 4.69) is 0 Å². The largest absolute Gasteiger partial charge is 0.492 e. The molecule has 0 aliphatic carbocycles. The van der Waals surface area contributed by atoms with Gasteiger partial charge in [0.1, 0.15) is 10.6 Å². The molecule has 0 saturated heterocycles. The normalized spacial score (nSPS) is 15.0. The summed E-state index contributed by atoms with van der Waals surface area (Å²) in [7, 11) is -3.76. The molecule has 0 atom stereocenters. The molecule has 6 heteroatoms. The summed E-state index contributed by atoms with van der Waals surface area (Å²) in [4.78, 5) is -0.0301. The van der Waals surface area contributed by atoms with Crippen molar-refractivity contribution >= 4 is 21.6 Å². The first kappa shape index (κ1) is 9.76. The molecule has 0 aromatic heterocycles. The van der Waals surface area contributed by atoms with Crippen molar-refractivity contribution in [1.82, 2.24) is 0 Å². The van der Waals surface area contributed by atoms with Crippen LogP contribution in [0.5, 0.6) is 5.75 Å². The van der Waals surface area contributed by atoms with Gasteiger partial charge in [-0.3, -0.25) is 0 Å². The Bertz CT molecular complexity index is 484. The van der Waals surface area contributed by atoms with E-state index in [1.54, 1.807) is 6.07 Å². The van der Waals surface area contributed by atoms with Gasteiger partial charge in [0.25, 0.3) is 0 Å². The first-order valence-electron chi connectivity index (χ1n) is 3.96. The molecule has 4 nitrogen and oxygen atoms in total. The summed E-state index contributed by atoms with van der Waals surface area (Å²) < 4.78 is 27.6. The number of benzene rings is 1. The van der Waals surface area contributed by atoms with Crippen LogP contribution >= 0.6 is 11.6 Å². The Hall–Kier alpha value is -0.780. The molecule has 0 radical (unpaired) electrons. The van der Waals surface area contributed by atoms with Crippen LogP contribution in [0.2, 0.25) is 5.02 Å². The number of hydrogen-bond acceptors (Lipinski definition) is 3. The van der Waals surface area contributed by atoms with Gasteiger partial charge in [0.2, 0.25) is 10.0 Å². The van der Waals surface area contributed by atoms with Crippen molar-refractivity contribution in [2.45, 2.75) is 11.3 Å². The average Bonchev–Trinajstić information content (AvgIpc) is 2.47. The van der Waals surface area contributed by atoms with Crippen molar-refractivity contribution in [2.24, 2.45) is 5.14 Å². The van der Waals surface area contributed by atoms with Crippen LogP contribution in [0.4, 0.5) is 0 Å². The molecular weight excluding hydrogens is 226 g/mol. The van der Waals surface area contributed by atoms with E-state index >= 15 is 0 Å². The minimum Gasteiger partial charge on any atom is -0.492 e. The maximum atomic E-state index is 11.2. The smallest absolute Gasteiger partial charge is 0.241 e. The van der Waals surface area contributed by atoms with E-state index in [0.717, 1.165) is 5.56 Å². The molecule has 1 aliphatic heterocycles. The molecule has 76 valence electrons. The van der Waals surface area contributed by atoms with Crippen LogP contribution in [-0.2, 0) is 16.4 Å². The van der Waals surface area contributed by atoms with Gasteiger partial charge in [0, 0.05) is 17.0 Å². The molecule has 0 unspecified atom stereocenters. The van der Waals surface area contributed by atoms with E-state index in [0.29, 0.717) is 23.8 Å². The van der Waals surface area contributed by atoms with Gasteiger partial charge in [-0.15, -0.1) is 0 Å². The molecule has 2 N–H and O–H groups in total. The standard InChI is InChI=1S/C8H8ClNO3S/c9-6-3-5-1-2-13-8(5)7(4-6)14(10,11)12/h3-4H,1-2H2,(H2,10,11,12). The Kier molecular flexibility index (Phi) is 2.17. The average molecular weight is 234 g/mol. The van der Waals surface area contributed by atoms with Crippen LogP contribution < -0.4 is 9.88 Å². The van der Waals surface area contributed by atoms with Gasteiger partial charge in [-0.1, -0.05) is 11.6 Å². The van der Waals surface area contributed by atoms with Crippen molar-refractivity contribution in [3.05, 3.63) is 22.7 Å². The topological polar surface area (TPSA) is 69.4 Å². The minimum atomic E-state index is -3.76. The number of sulfonamides is 1. The van der Waals surface area contributed by atoms with Crippen LogP contribution in [0.3, 0.4) is 0 Å². The summed E-state index contributed by atoms with van der Waals surface area (Å²) in [6.07, 6.45) is 0.665. The van der Waals surface area contributed by atoms with Crippen LogP contribution in [0.1, 0.15) is 5.56 Å². The molecule has 1 aromatic rings. The molecule has 1 aromatic carbocycles. The second-order valence-electron chi connectivity index (χ2n) is 3.04. The van der Waals surface area contributed by atoms with E-state index in [1.165, 1.54) is 6.07 Å². The van der Waals surface area contributed by atoms with Crippen molar-refractivity contribution < 1.29 is 13.2 Å². The van der Waals surface area contributed by atoms with Gasteiger partial charge in [-0.25, -0.2) is 13.6 Å². The van der Waals surface area contributed by atoms with Gasteiger partial charge in [-0.05, 0) is 12.1 Å². The van der Waals surface area contributed by atoms with Crippen molar-refractivity contribution in [3.8, 4) is 5.75 Å². The Balaban J connectivity index is 2.72. The molecule has 1 aliphatic rings. The second kappa shape index (κ2) is 3.12. The van der Waals surface area contributed by atoms with E-state index in [9.17, 15) is 8.42 Å². The van der Waals surface area contributed by atoms with Gasteiger partial charge in [-0.2, -0.15) is 0 Å². The minimum absolute atomic E-state index is 0.0301. The van der Waals surface area contributed by atoms with Crippen LogP contribution in [0.15, 0.2) is 17.0 Å². The molecule has 0 spiro atoms. The van der Waals surface area contributed by atoms with E-state index in [-0.39, 0.29) is 4.90 Å². The van der Waals surface area contributed by atoms with E-state index in [1.807, 2.05) is 0 Å². The third-order valence-electron chi connectivity index (χ3n) is 2.02. The quantitative estimate of drug-likeness (QED) is 0.784. The van der Waals surface area contributed by atoms with E-state index < -0.39 is 10.0 Å². The zero-order valence-corrected chi connectivity index (χ0v) is 8.73. The summed E-state index contributed by atoms with van der Waals surface area (Å²) in [5.74, 6) is 0.344. The number of fused-ring (bicyclic) bond motifs is 1. The maximum Gasteiger partial charge on any atom is 0.241 e. The molecule has 0 fully saturated rings. The fraction of sp³-hybridized carbons (Fsp3) is 0.250. The molecule has 1 heterocycles. The van der Waals surface area contributed by atoms with Gasteiger partial charge < -0.3 is 4.74 Å². The SMILES string of the molecule is NS(=O)(=O)c1cc(Cl)cc2c1OCC2. The van der Waals surface area contributed by atoms with Crippen molar-refractivity contribution in [3.63, 3.8) is 0 Å². The van der Waals surface area contributed by atoms with E-state index in [4.69, 9.17) is 21.5 Å². The number of halogens is 1. The summed E-state index contributed by atoms with van der Waals surface area (Å²) in [5, 5.41) is 5.39. The Morgan fingerprint density at radius 1 is 1.43 bits per heavy atom. The maximum absolute atomic E-state index is 11.2. The number of nitrogens with two attached hydrogens (primary N) is 1. The summed E-state index contributed by atoms with van der Waals surface area (Å²) >= 11 is 5.76. The lowest BCUT2D eigenvalue weighted by molar-refractivity contribution is 0.348. The number of rotatable bonds is 1. The highest BCUT2D eigenvalue weighted by Gasteiger charge is 2.23. The fourth-order valence-corrected chi connectivity index (χ4v) is 2.49. The Morgan fingerprint density at radius 2 is 2.14 bits per heavy atom. The summed E-state index contributed by atoms with van der Waals surface area (Å²) in [5.41, 5.74) is 0.793. The summed E-state index contributed by atoms with van der Waals surface area (Å²) in [6.45, 7) is 0.470. The number of hydrogen-bond donors (Lipinski definition) is 1. The first-order valence-corrected chi connectivity index (χ1v) is 5.89. The van der Waals surface area contributed by atoms with Gasteiger partial charge in [0.05, 0.1) is 6.61 Å². The molecule has 0 bridgehead atoms. The summed E-state index contributed by atoms with van der Waals surface area (Å²) in [6, 6.07) is 3.00. The van der Waals surface area contributed by atoms with Crippen LogP contribution in [0, 0.1) is 0 Å². The van der Waals surface area contributed by atoms with Gasteiger partial charge >= 0.3 is 0 Å². The number of ether oxygens (including phenoxy) is 1. The van der Waals surface area contributed by atoms with Crippen molar-refractivity contribution in [1.29, 1.82) is 0 Å². The highest BCUT2D eigenvalue weighted by molar-refractivity contribution is 7.89. The Labute approximate surface area is 86.7 Å². The molecule has 14 heavy (non-hydrogen) atoms. The first-order chi connectivity index (χ1) is 6.48.